The van der Waals surface area contributed by atoms with Gasteiger partial charge in [-0.2, -0.15) is 0 Å². The first-order valence-corrected chi connectivity index (χ1v) is 8.24. The Hall–Kier alpha value is -2.30. The van der Waals surface area contributed by atoms with Gasteiger partial charge in [-0.05, 0) is 23.3 Å². The molecular weight excluding hydrogens is 324 g/mol. The van der Waals surface area contributed by atoms with Gasteiger partial charge in [-0.3, -0.25) is 4.79 Å². The van der Waals surface area contributed by atoms with Gasteiger partial charge in [0.25, 0.3) is 0 Å². The van der Waals surface area contributed by atoms with E-state index >= 15 is 0 Å². The Morgan fingerprint density at radius 3 is 2.79 bits per heavy atom. The van der Waals surface area contributed by atoms with Crippen LogP contribution in [0.2, 0.25) is 5.02 Å². The molecule has 0 fully saturated rings. The first-order chi connectivity index (χ1) is 11.6. The third-order valence-electron chi connectivity index (χ3n) is 3.93. The Labute approximate surface area is 145 Å². The van der Waals surface area contributed by atoms with Crippen LogP contribution in [0.3, 0.4) is 0 Å². The van der Waals surface area contributed by atoms with Crippen molar-refractivity contribution in [2.24, 2.45) is 0 Å². The van der Waals surface area contributed by atoms with Gasteiger partial charge in [-0.25, -0.2) is 0 Å². The number of fused-ring (bicyclic) bond motifs is 1. The highest BCUT2D eigenvalue weighted by atomic mass is 35.5. The number of benzene rings is 2. The first kappa shape index (κ1) is 16.6. The molecule has 0 bridgehead atoms. The molecule has 3 aromatic rings. The molecule has 1 unspecified atom stereocenters. The van der Waals surface area contributed by atoms with E-state index in [1.807, 2.05) is 54.7 Å². The number of aromatic amines is 1. The molecule has 3 N–H and O–H groups in total. The highest BCUT2D eigenvalue weighted by molar-refractivity contribution is 6.31. The maximum atomic E-state index is 12.1. The van der Waals surface area contributed by atoms with E-state index in [2.05, 4.69) is 10.3 Å². The summed E-state index contributed by atoms with van der Waals surface area (Å²) >= 11 is 5.96. The number of carbonyl (C=O) groups is 1. The average molecular weight is 343 g/mol. The number of carbonyl (C=O) groups excluding carboxylic acids is 1. The Morgan fingerprint density at radius 2 is 2.00 bits per heavy atom. The molecule has 0 saturated heterocycles. The summed E-state index contributed by atoms with van der Waals surface area (Å²) in [4.78, 5) is 15.2. The number of hydrogen-bond donors (Lipinski definition) is 3. The van der Waals surface area contributed by atoms with Gasteiger partial charge in [-0.15, -0.1) is 0 Å². The zero-order chi connectivity index (χ0) is 16.9. The van der Waals surface area contributed by atoms with Crippen molar-refractivity contribution >= 4 is 28.4 Å². The number of aliphatic hydroxyl groups is 1. The van der Waals surface area contributed by atoms with Gasteiger partial charge < -0.3 is 15.4 Å². The molecule has 0 aliphatic heterocycles. The third-order valence-corrected chi connectivity index (χ3v) is 4.16. The molecule has 1 amide bonds. The van der Waals surface area contributed by atoms with Crippen LogP contribution < -0.4 is 5.32 Å². The standard InChI is InChI=1S/C19H19ClN2O2/c20-15-6-7-17-14(11-21-18(17)10-15)9-19(24)22-12-16(23)8-13-4-2-1-3-5-13/h1-7,10-11,16,21,23H,8-9,12H2,(H,22,24). The maximum Gasteiger partial charge on any atom is 0.224 e. The number of amides is 1. The minimum Gasteiger partial charge on any atom is -0.391 e. The summed E-state index contributed by atoms with van der Waals surface area (Å²) < 4.78 is 0. The highest BCUT2D eigenvalue weighted by Crippen LogP contribution is 2.22. The highest BCUT2D eigenvalue weighted by Gasteiger charge is 2.11. The molecule has 0 spiro atoms. The number of rotatable bonds is 6. The predicted octanol–water partition coefficient (Wildman–Crippen LogP) is 3.08. The van der Waals surface area contributed by atoms with Crippen molar-refractivity contribution in [2.75, 3.05) is 6.54 Å². The molecule has 1 atom stereocenters. The molecule has 2 aromatic carbocycles. The van der Waals surface area contributed by atoms with Crippen LogP contribution >= 0.6 is 11.6 Å². The van der Waals surface area contributed by atoms with Crippen LogP contribution in [0.4, 0.5) is 0 Å². The summed E-state index contributed by atoms with van der Waals surface area (Å²) in [6, 6.07) is 15.3. The summed E-state index contributed by atoms with van der Waals surface area (Å²) in [7, 11) is 0. The van der Waals surface area contributed by atoms with Crippen molar-refractivity contribution in [3.8, 4) is 0 Å². The SMILES string of the molecule is O=C(Cc1c[nH]c2cc(Cl)ccc12)NCC(O)Cc1ccccc1. The molecule has 1 aromatic heterocycles. The van der Waals surface area contributed by atoms with E-state index in [1.165, 1.54) is 0 Å². The van der Waals surface area contributed by atoms with Gasteiger partial charge in [0.2, 0.25) is 5.91 Å². The zero-order valence-corrected chi connectivity index (χ0v) is 13.9. The normalized spacial score (nSPS) is 12.2. The molecule has 4 nitrogen and oxygen atoms in total. The number of H-pyrrole nitrogens is 1. The van der Waals surface area contributed by atoms with Gasteiger partial charge in [0, 0.05) is 35.1 Å². The van der Waals surface area contributed by atoms with Gasteiger partial charge in [0.1, 0.15) is 0 Å². The summed E-state index contributed by atoms with van der Waals surface area (Å²) in [5.41, 5.74) is 2.87. The van der Waals surface area contributed by atoms with Crippen molar-refractivity contribution in [3.63, 3.8) is 0 Å². The van der Waals surface area contributed by atoms with E-state index < -0.39 is 6.10 Å². The molecule has 0 saturated carbocycles. The lowest BCUT2D eigenvalue weighted by Gasteiger charge is -2.12. The second-order valence-corrected chi connectivity index (χ2v) is 6.26. The maximum absolute atomic E-state index is 12.1. The molecule has 1 heterocycles. The predicted molar refractivity (Wildman–Crippen MR) is 96.2 cm³/mol. The Kier molecular flexibility index (Phi) is 5.18. The summed E-state index contributed by atoms with van der Waals surface area (Å²) in [6.45, 7) is 0.238. The fourth-order valence-corrected chi connectivity index (χ4v) is 2.90. The minimum atomic E-state index is -0.599. The van der Waals surface area contributed by atoms with E-state index in [0.29, 0.717) is 11.4 Å². The monoisotopic (exact) mass is 342 g/mol. The minimum absolute atomic E-state index is 0.113. The Morgan fingerprint density at radius 1 is 1.21 bits per heavy atom. The Bertz CT molecular complexity index is 830. The van der Waals surface area contributed by atoms with Crippen LogP contribution in [0.25, 0.3) is 10.9 Å². The molecular formula is C19H19ClN2O2. The van der Waals surface area contributed by atoms with Crippen molar-refractivity contribution in [1.82, 2.24) is 10.3 Å². The van der Waals surface area contributed by atoms with Crippen LogP contribution in [0.5, 0.6) is 0 Å². The quantitative estimate of drug-likeness (QED) is 0.644. The number of aromatic nitrogens is 1. The second-order valence-electron chi connectivity index (χ2n) is 5.83. The molecule has 3 rings (SSSR count). The molecule has 24 heavy (non-hydrogen) atoms. The van der Waals surface area contributed by atoms with Gasteiger partial charge in [0.15, 0.2) is 0 Å². The van der Waals surface area contributed by atoms with E-state index in [4.69, 9.17) is 11.6 Å². The van der Waals surface area contributed by atoms with Crippen molar-refractivity contribution in [2.45, 2.75) is 18.9 Å². The largest absolute Gasteiger partial charge is 0.391 e. The number of nitrogens with one attached hydrogen (secondary N) is 2. The number of halogens is 1. The van der Waals surface area contributed by atoms with E-state index in [0.717, 1.165) is 22.0 Å². The van der Waals surface area contributed by atoms with Gasteiger partial charge >= 0.3 is 0 Å². The van der Waals surface area contributed by atoms with Crippen LogP contribution in [-0.4, -0.2) is 28.6 Å². The van der Waals surface area contributed by atoms with Crippen LogP contribution in [0, 0.1) is 0 Å². The third kappa shape index (κ3) is 4.16. The molecule has 124 valence electrons. The molecule has 0 radical (unpaired) electrons. The lowest BCUT2D eigenvalue weighted by Crippen LogP contribution is -2.34. The smallest absolute Gasteiger partial charge is 0.224 e. The number of aliphatic hydroxyl groups excluding tert-OH is 1. The first-order valence-electron chi connectivity index (χ1n) is 7.86. The van der Waals surface area contributed by atoms with Crippen molar-refractivity contribution in [1.29, 1.82) is 0 Å². The lowest BCUT2D eigenvalue weighted by atomic mass is 10.1. The summed E-state index contributed by atoms with van der Waals surface area (Å²) in [6.07, 6.45) is 2.01. The average Bonchev–Trinajstić information content (AvgIpc) is 2.96. The fraction of sp³-hybridized carbons (Fsp3) is 0.211. The van der Waals surface area contributed by atoms with Crippen molar-refractivity contribution < 1.29 is 9.90 Å². The molecule has 0 aliphatic carbocycles. The van der Waals surface area contributed by atoms with Crippen LogP contribution in [0.1, 0.15) is 11.1 Å². The second kappa shape index (κ2) is 7.51. The van der Waals surface area contributed by atoms with Gasteiger partial charge in [0.05, 0.1) is 12.5 Å². The fourth-order valence-electron chi connectivity index (χ4n) is 2.73. The van der Waals surface area contributed by atoms with Crippen LogP contribution in [-0.2, 0) is 17.6 Å². The van der Waals surface area contributed by atoms with Gasteiger partial charge in [-0.1, -0.05) is 48.0 Å². The van der Waals surface area contributed by atoms with Crippen LogP contribution in [0.15, 0.2) is 54.7 Å². The summed E-state index contributed by atoms with van der Waals surface area (Å²) in [5, 5.41) is 14.5. The van der Waals surface area contributed by atoms with E-state index in [-0.39, 0.29) is 18.9 Å². The number of hydrogen-bond acceptors (Lipinski definition) is 2. The van der Waals surface area contributed by atoms with Crippen molar-refractivity contribution in [3.05, 3.63) is 70.9 Å². The van der Waals surface area contributed by atoms with E-state index in [9.17, 15) is 9.90 Å². The summed E-state index contributed by atoms with van der Waals surface area (Å²) in [5.74, 6) is -0.113. The molecule has 5 heteroatoms. The Balaban J connectivity index is 1.53. The zero-order valence-electron chi connectivity index (χ0n) is 13.1. The van der Waals surface area contributed by atoms with E-state index in [1.54, 1.807) is 0 Å². The topological polar surface area (TPSA) is 65.1 Å². The lowest BCUT2D eigenvalue weighted by molar-refractivity contribution is -0.120. The molecule has 0 aliphatic rings.